The summed E-state index contributed by atoms with van der Waals surface area (Å²) in [5.74, 6) is 0.301. The van der Waals surface area contributed by atoms with E-state index in [9.17, 15) is 4.79 Å². The standard InChI is InChI=1S/C11H12ClNO/c1-13-7-6-10(14)11(13)8-2-4-9(12)5-3-8/h2-5,11H,6-7H2,1H3. The van der Waals surface area contributed by atoms with E-state index in [4.69, 9.17) is 11.6 Å². The Labute approximate surface area is 88.5 Å². The van der Waals surface area contributed by atoms with Gasteiger partial charge in [-0.05, 0) is 24.7 Å². The Morgan fingerprint density at radius 2 is 2.00 bits per heavy atom. The average molecular weight is 210 g/mol. The van der Waals surface area contributed by atoms with Crippen LogP contribution in [0.15, 0.2) is 24.3 Å². The maximum Gasteiger partial charge on any atom is 0.155 e. The molecule has 0 bridgehead atoms. The highest BCUT2D eigenvalue weighted by atomic mass is 35.5. The van der Waals surface area contributed by atoms with E-state index in [1.54, 1.807) is 0 Å². The fourth-order valence-corrected chi connectivity index (χ4v) is 2.01. The summed E-state index contributed by atoms with van der Waals surface area (Å²) in [6.45, 7) is 0.853. The average Bonchev–Trinajstić information content (AvgIpc) is 2.49. The van der Waals surface area contributed by atoms with Crippen molar-refractivity contribution in [2.45, 2.75) is 12.5 Å². The lowest BCUT2D eigenvalue weighted by molar-refractivity contribution is -0.119. The number of likely N-dealkylation sites (tertiary alicyclic amines) is 1. The lowest BCUT2D eigenvalue weighted by atomic mass is 10.0. The van der Waals surface area contributed by atoms with Gasteiger partial charge in [-0.1, -0.05) is 23.7 Å². The van der Waals surface area contributed by atoms with Crippen LogP contribution in [0.3, 0.4) is 0 Å². The van der Waals surface area contributed by atoms with Gasteiger partial charge in [0.2, 0.25) is 0 Å². The van der Waals surface area contributed by atoms with Crippen molar-refractivity contribution < 1.29 is 4.79 Å². The largest absolute Gasteiger partial charge is 0.297 e. The molecule has 1 aliphatic rings. The van der Waals surface area contributed by atoms with Gasteiger partial charge in [0.1, 0.15) is 0 Å². The molecule has 0 saturated carbocycles. The van der Waals surface area contributed by atoms with Crippen molar-refractivity contribution >= 4 is 17.4 Å². The van der Waals surface area contributed by atoms with Crippen LogP contribution < -0.4 is 0 Å². The van der Waals surface area contributed by atoms with Crippen LogP contribution in [-0.4, -0.2) is 24.3 Å². The maximum absolute atomic E-state index is 11.6. The van der Waals surface area contributed by atoms with E-state index in [-0.39, 0.29) is 6.04 Å². The summed E-state index contributed by atoms with van der Waals surface area (Å²) < 4.78 is 0. The summed E-state index contributed by atoms with van der Waals surface area (Å²) in [5, 5.41) is 0.710. The third-order valence-electron chi connectivity index (χ3n) is 2.64. The van der Waals surface area contributed by atoms with Crippen molar-refractivity contribution in [2.24, 2.45) is 0 Å². The summed E-state index contributed by atoms with van der Waals surface area (Å²) in [5.41, 5.74) is 1.04. The first kappa shape index (κ1) is 9.69. The van der Waals surface area contributed by atoms with Crippen molar-refractivity contribution in [3.8, 4) is 0 Å². The van der Waals surface area contributed by atoms with E-state index in [1.807, 2.05) is 31.3 Å². The van der Waals surface area contributed by atoms with Gasteiger partial charge in [0.25, 0.3) is 0 Å². The number of rotatable bonds is 1. The number of hydrogen-bond acceptors (Lipinski definition) is 2. The van der Waals surface area contributed by atoms with Gasteiger partial charge < -0.3 is 0 Å². The number of likely N-dealkylation sites (N-methyl/N-ethyl adjacent to an activating group) is 1. The molecule has 0 radical (unpaired) electrons. The SMILES string of the molecule is CN1CCC(=O)C1c1ccc(Cl)cc1. The fourth-order valence-electron chi connectivity index (χ4n) is 1.88. The van der Waals surface area contributed by atoms with Crippen molar-refractivity contribution in [3.05, 3.63) is 34.9 Å². The van der Waals surface area contributed by atoms with Gasteiger partial charge in [-0.15, -0.1) is 0 Å². The first-order valence-electron chi connectivity index (χ1n) is 4.67. The number of Topliss-reactive ketones (excluding diaryl/α,β-unsaturated/α-hetero) is 1. The molecule has 74 valence electrons. The first-order chi connectivity index (χ1) is 6.68. The molecule has 14 heavy (non-hydrogen) atoms. The van der Waals surface area contributed by atoms with E-state index in [0.29, 0.717) is 17.2 Å². The third kappa shape index (κ3) is 1.68. The molecule has 1 unspecified atom stereocenters. The van der Waals surface area contributed by atoms with E-state index in [1.165, 1.54) is 0 Å². The van der Waals surface area contributed by atoms with E-state index in [0.717, 1.165) is 12.1 Å². The van der Waals surface area contributed by atoms with Crippen molar-refractivity contribution in [1.82, 2.24) is 4.90 Å². The molecular weight excluding hydrogens is 198 g/mol. The van der Waals surface area contributed by atoms with Crippen LogP contribution in [0.25, 0.3) is 0 Å². The number of carbonyl (C=O) groups is 1. The highest BCUT2D eigenvalue weighted by Crippen LogP contribution is 2.27. The quantitative estimate of drug-likeness (QED) is 0.708. The second kappa shape index (κ2) is 3.71. The van der Waals surface area contributed by atoms with Gasteiger partial charge in [-0.2, -0.15) is 0 Å². The molecule has 1 aliphatic heterocycles. The minimum Gasteiger partial charge on any atom is -0.297 e. The zero-order valence-corrected chi connectivity index (χ0v) is 8.79. The molecule has 1 saturated heterocycles. The summed E-state index contributed by atoms with van der Waals surface area (Å²) in [6.07, 6.45) is 0.657. The van der Waals surface area contributed by atoms with E-state index >= 15 is 0 Å². The van der Waals surface area contributed by atoms with Gasteiger partial charge in [0, 0.05) is 18.0 Å². The summed E-state index contributed by atoms with van der Waals surface area (Å²) in [6, 6.07) is 7.44. The number of hydrogen-bond donors (Lipinski definition) is 0. The predicted octanol–water partition coefficient (Wildman–Crippen LogP) is 2.29. The molecule has 1 aromatic carbocycles. The lowest BCUT2D eigenvalue weighted by Crippen LogP contribution is -2.20. The van der Waals surface area contributed by atoms with Crippen LogP contribution in [0.4, 0.5) is 0 Å². The van der Waals surface area contributed by atoms with Crippen molar-refractivity contribution in [2.75, 3.05) is 13.6 Å². The smallest absolute Gasteiger partial charge is 0.155 e. The van der Waals surface area contributed by atoms with Gasteiger partial charge in [-0.25, -0.2) is 0 Å². The molecular formula is C11H12ClNO. The topological polar surface area (TPSA) is 20.3 Å². The fraction of sp³-hybridized carbons (Fsp3) is 0.364. The van der Waals surface area contributed by atoms with Gasteiger partial charge in [-0.3, -0.25) is 9.69 Å². The lowest BCUT2D eigenvalue weighted by Gasteiger charge is -2.18. The van der Waals surface area contributed by atoms with Crippen LogP contribution in [0.1, 0.15) is 18.0 Å². The Morgan fingerprint density at radius 1 is 1.36 bits per heavy atom. The van der Waals surface area contributed by atoms with Gasteiger partial charge >= 0.3 is 0 Å². The molecule has 2 rings (SSSR count). The van der Waals surface area contributed by atoms with Crippen LogP contribution in [0, 0.1) is 0 Å². The van der Waals surface area contributed by atoms with Crippen LogP contribution in [-0.2, 0) is 4.79 Å². The van der Waals surface area contributed by atoms with Gasteiger partial charge in [0.15, 0.2) is 5.78 Å². The number of halogens is 1. The van der Waals surface area contributed by atoms with Crippen LogP contribution >= 0.6 is 11.6 Å². The van der Waals surface area contributed by atoms with Crippen LogP contribution in [0.2, 0.25) is 5.02 Å². The number of nitrogens with zero attached hydrogens (tertiary/aromatic N) is 1. The molecule has 2 nitrogen and oxygen atoms in total. The Morgan fingerprint density at radius 3 is 2.50 bits per heavy atom. The first-order valence-corrected chi connectivity index (χ1v) is 5.04. The number of carbonyl (C=O) groups excluding carboxylic acids is 1. The highest BCUT2D eigenvalue weighted by molar-refractivity contribution is 6.30. The van der Waals surface area contributed by atoms with Gasteiger partial charge in [0.05, 0.1) is 6.04 Å². The molecule has 0 spiro atoms. The summed E-state index contributed by atoms with van der Waals surface area (Å²) in [7, 11) is 1.98. The molecule has 0 aliphatic carbocycles. The molecule has 0 N–H and O–H groups in total. The minimum atomic E-state index is -0.0627. The van der Waals surface area contributed by atoms with Crippen LogP contribution in [0.5, 0.6) is 0 Å². The third-order valence-corrected chi connectivity index (χ3v) is 2.89. The zero-order valence-electron chi connectivity index (χ0n) is 8.03. The highest BCUT2D eigenvalue weighted by Gasteiger charge is 2.30. The number of benzene rings is 1. The molecule has 3 heteroatoms. The zero-order chi connectivity index (χ0) is 10.1. The maximum atomic E-state index is 11.6. The predicted molar refractivity (Wildman–Crippen MR) is 56.4 cm³/mol. The monoisotopic (exact) mass is 209 g/mol. The summed E-state index contributed by atoms with van der Waals surface area (Å²) in [4.78, 5) is 13.7. The Bertz CT molecular complexity index is 347. The molecule has 0 aromatic heterocycles. The molecule has 1 atom stereocenters. The second-order valence-electron chi connectivity index (χ2n) is 3.65. The molecule has 0 amide bonds. The normalized spacial score (nSPS) is 23.0. The Kier molecular flexibility index (Phi) is 2.57. The van der Waals surface area contributed by atoms with Crippen molar-refractivity contribution in [3.63, 3.8) is 0 Å². The summed E-state index contributed by atoms with van der Waals surface area (Å²) >= 11 is 5.79. The Hall–Kier alpha value is -0.860. The molecule has 1 fully saturated rings. The Balaban J connectivity index is 2.30. The second-order valence-corrected chi connectivity index (χ2v) is 4.09. The van der Waals surface area contributed by atoms with E-state index in [2.05, 4.69) is 4.90 Å². The van der Waals surface area contributed by atoms with E-state index < -0.39 is 0 Å². The number of ketones is 1. The van der Waals surface area contributed by atoms with Crippen molar-refractivity contribution in [1.29, 1.82) is 0 Å². The molecule has 1 heterocycles. The minimum absolute atomic E-state index is 0.0627. The molecule has 1 aromatic rings.